The average molecular weight is 151 g/mol. The molecule has 0 saturated heterocycles. The predicted octanol–water partition coefficient (Wildman–Crippen LogP) is 1.79. The van der Waals surface area contributed by atoms with Gasteiger partial charge in [-0.3, -0.25) is 0 Å². The molecule has 0 aromatic carbocycles. The van der Waals surface area contributed by atoms with Crippen LogP contribution in [0, 0.1) is 17.8 Å². The summed E-state index contributed by atoms with van der Waals surface area (Å²) in [6, 6.07) is 0.638. The molecule has 1 aliphatic rings. The standard InChI is InChI=1S/C10H17N/c1-4-8-11-9-6-5-7-10(9,2)3/h1,9,11H,5-8H2,2-3H3. The van der Waals surface area contributed by atoms with Crippen molar-refractivity contribution >= 4 is 0 Å². The van der Waals surface area contributed by atoms with Crippen molar-refractivity contribution in [2.45, 2.75) is 39.2 Å². The van der Waals surface area contributed by atoms with Gasteiger partial charge in [0.2, 0.25) is 0 Å². The van der Waals surface area contributed by atoms with Gasteiger partial charge in [-0.15, -0.1) is 6.42 Å². The van der Waals surface area contributed by atoms with E-state index in [9.17, 15) is 0 Å². The molecule has 62 valence electrons. The van der Waals surface area contributed by atoms with Crippen LogP contribution in [0.15, 0.2) is 0 Å². The molecule has 0 aromatic rings. The van der Waals surface area contributed by atoms with Gasteiger partial charge in [0.25, 0.3) is 0 Å². The SMILES string of the molecule is C#CCNC1CCCC1(C)C. The third-order valence-corrected chi connectivity index (χ3v) is 2.71. The lowest BCUT2D eigenvalue weighted by molar-refractivity contribution is 0.292. The minimum atomic E-state index is 0.455. The summed E-state index contributed by atoms with van der Waals surface area (Å²) in [5, 5.41) is 3.39. The van der Waals surface area contributed by atoms with Gasteiger partial charge in [-0.2, -0.15) is 0 Å². The summed E-state index contributed by atoms with van der Waals surface area (Å²) in [5.74, 6) is 2.62. The van der Waals surface area contributed by atoms with Gasteiger partial charge in [-0.1, -0.05) is 26.2 Å². The molecule has 1 fully saturated rings. The minimum absolute atomic E-state index is 0.455. The second-order valence-corrected chi connectivity index (χ2v) is 4.02. The van der Waals surface area contributed by atoms with E-state index in [2.05, 4.69) is 25.1 Å². The third-order valence-electron chi connectivity index (χ3n) is 2.71. The molecule has 0 heterocycles. The monoisotopic (exact) mass is 151 g/mol. The first kappa shape index (κ1) is 8.62. The van der Waals surface area contributed by atoms with Crippen LogP contribution in [0.1, 0.15) is 33.1 Å². The van der Waals surface area contributed by atoms with E-state index < -0.39 is 0 Å². The summed E-state index contributed by atoms with van der Waals surface area (Å²) >= 11 is 0. The Morgan fingerprint density at radius 3 is 2.82 bits per heavy atom. The largest absolute Gasteiger partial charge is 0.303 e. The molecule has 0 aromatic heterocycles. The van der Waals surface area contributed by atoms with Crippen LogP contribution in [0.25, 0.3) is 0 Å². The molecule has 1 rings (SSSR count). The highest BCUT2D eigenvalue weighted by atomic mass is 14.9. The zero-order chi connectivity index (χ0) is 8.32. The Labute approximate surface area is 69.6 Å². The van der Waals surface area contributed by atoms with Crippen LogP contribution in [0.3, 0.4) is 0 Å². The van der Waals surface area contributed by atoms with Gasteiger partial charge in [-0.25, -0.2) is 0 Å². The van der Waals surface area contributed by atoms with E-state index >= 15 is 0 Å². The molecule has 1 aliphatic carbocycles. The predicted molar refractivity (Wildman–Crippen MR) is 48.3 cm³/mol. The van der Waals surface area contributed by atoms with Crippen molar-refractivity contribution in [1.29, 1.82) is 0 Å². The summed E-state index contributed by atoms with van der Waals surface area (Å²) < 4.78 is 0. The van der Waals surface area contributed by atoms with Crippen molar-refractivity contribution in [1.82, 2.24) is 5.32 Å². The maximum Gasteiger partial charge on any atom is 0.0576 e. The Morgan fingerprint density at radius 2 is 2.36 bits per heavy atom. The molecule has 1 heteroatoms. The number of hydrogen-bond acceptors (Lipinski definition) is 1. The highest BCUT2D eigenvalue weighted by Gasteiger charge is 2.33. The lowest BCUT2D eigenvalue weighted by Gasteiger charge is -2.27. The molecule has 1 unspecified atom stereocenters. The quantitative estimate of drug-likeness (QED) is 0.593. The number of terminal acetylenes is 1. The molecule has 1 atom stereocenters. The van der Waals surface area contributed by atoms with Crippen molar-refractivity contribution in [3.8, 4) is 12.3 Å². The van der Waals surface area contributed by atoms with E-state index in [-0.39, 0.29) is 0 Å². The normalized spacial score (nSPS) is 28.3. The van der Waals surface area contributed by atoms with Crippen LogP contribution in [0.5, 0.6) is 0 Å². The summed E-state index contributed by atoms with van der Waals surface area (Å²) in [6.45, 7) is 5.34. The molecule has 11 heavy (non-hydrogen) atoms. The van der Waals surface area contributed by atoms with Crippen LogP contribution >= 0.6 is 0 Å². The molecule has 0 aliphatic heterocycles. The van der Waals surface area contributed by atoms with E-state index in [1.807, 2.05) is 0 Å². The van der Waals surface area contributed by atoms with E-state index in [1.54, 1.807) is 0 Å². The number of nitrogens with one attached hydrogen (secondary N) is 1. The van der Waals surface area contributed by atoms with Crippen molar-refractivity contribution in [2.24, 2.45) is 5.41 Å². The smallest absolute Gasteiger partial charge is 0.0576 e. The molecule has 1 N–H and O–H groups in total. The van der Waals surface area contributed by atoms with Gasteiger partial charge in [0.1, 0.15) is 0 Å². The van der Waals surface area contributed by atoms with Crippen LogP contribution in [0.2, 0.25) is 0 Å². The van der Waals surface area contributed by atoms with Gasteiger partial charge >= 0.3 is 0 Å². The number of rotatable bonds is 2. The first-order valence-corrected chi connectivity index (χ1v) is 4.33. The first-order valence-electron chi connectivity index (χ1n) is 4.33. The van der Waals surface area contributed by atoms with Crippen molar-refractivity contribution in [3.63, 3.8) is 0 Å². The van der Waals surface area contributed by atoms with Gasteiger partial charge in [0, 0.05) is 6.04 Å². The summed E-state index contributed by atoms with van der Waals surface area (Å²) in [7, 11) is 0. The van der Waals surface area contributed by atoms with Crippen molar-refractivity contribution in [3.05, 3.63) is 0 Å². The molecule has 0 amide bonds. The fraction of sp³-hybridized carbons (Fsp3) is 0.800. The Hall–Kier alpha value is -0.480. The van der Waals surface area contributed by atoms with Gasteiger partial charge < -0.3 is 5.32 Å². The summed E-state index contributed by atoms with van der Waals surface area (Å²) in [6.07, 6.45) is 9.14. The molecule has 0 radical (unpaired) electrons. The lowest BCUT2D eigenvalue weighted by Crippen LogP contribution is -2.37. The highest BCUT2D eigenvalue weighted by molar-refractivity contribution is 4.94. The second kappa shape index (κ2) is 3.28. The fourth-order valence-electron chi connectivity index (χ4n) is 1.89. The van der Waals surface area contributed by atoms with E-state index in [0.29, 0.717) is 18.0 Å². The zero-order valence-electron chi connectivity index (χ0n) is 7.48. The van der Waals surface area contributed by atoms with Gasteiger partial charge in [0.15, 0.2) is 0 Å². The topological polar surface area (TPSA) is 12.0 Å². The minimum Gasteiger partial charge on any atom is -0.303 e. The Balaban J connectivity index is 2.40. The first-order chi connectivity index (χ1) is 5.17. The Bertz CT molecular complexity index is 164. The molecule has 0 bridgehead atoms. The Morgan fingerprint density at radius 1 is 1.64 bits per heavy atom. The van der Waals surface area contributed by atoms with Crippen molar-refractivity contribution in [2.75, 3.05) is 6.54 Å². The van der Waals surface area contributed by atoms with Crippen LogP contribution in [0.4, 0.5) is 0 Å². The van der Waals surface area contributed by atoms with Crippen LogP contribution in [-0.4, -0.2) is 12.6 Å². The van der Waals surface area contributed by atoms with Gasteiger partial charge in [0.05, 0.1) is 6.54 Å². The molecule has 1 saturated carbocycles. The average Bonchev–Trinajstić information content (AvgIpc) is 2.25. The van der Waals surface area contributed by atoms with Gasteiger partial charge in [-0.05, 0) is 18.3 Å². The van der Waals surface area contributed by atoms with E-state index in [4.69, 9.17) is 6.42 Å². The van der Waals surface area contributed by atoms with E-state index in [0.717, 1.165) is 0 Å². The molecular formula is C10H17N. The molecule has 1 nitrogen and oxygen atoms in total. The second-order valence-electron chi connectivity index (χ2n) is 4.02. The molecular weight excluding hydrogens is 134 g/mol. The summed E-state index contributed by atoms with van der Waals surface area (Å²) in [4.78, 5) is 0. The zero-order valence-corrected chi connectivity index (χ0v) is 7.48. The van der Waals surface area contributed by atoms with E-state index in [1.165, 1.54) is 19.3 Å². The number of hydrogen-bond donors (Lipinski definition) is 1. The van der Waals surface area contributed by atoms with Crippen molar-refractivity contribution < 1.29 is 0 Å². The lowest BCUT2D eigenvalue weighted by atomic mass is 9.87. The van der Waals surface area contributed by atoms with Crippen LogP contribution < -0.4 is 5.32 Å². The third kappa shape index (κ3) is 1.97. The maximum atomic E-state index is 5.18. The maximum absolute atomic E-state index is 5.18. The highest BCUT2D eigenvalue weighted by Crippen LogP contribution is 2.36. The fourth-order valence-corrected chi connectivity index (χ4v) is 1.89. The summed E-state index contributed by atoms with van der Waals surface area (Å²) in [5.41, 5.74) is 0.455. The Kier molecular flexibility index (Phi) is 2.57. The van der Waals surface area contributed by atoms with Crippen LogP contribution in [-0.2, 0) is 0 Å². The molecule has 0 spiro atoms.